The highest BCUT2D eigenvalue weighted by molar-refractivity contribution is 6.33. The standard InChI is InChI=1S/C18H17Cl2N3O3/c19-13-7-5-12(6-8-13)11-18(26)23-22-17(25)10-9-16(24)21-15-4-2-1-3-14(15)20/h1-8H,9-11H2,(H,21,24)(H,22,25)(H,23,26). The van der Waals surface area contributed by atoms with Gasteiger partial charge in [-0.25, -0.2) is 0 Å². The number of hydrogen-bond acceptors (Lipinski definition) is 3. The van der Waals surface area contributed by atoms with Crippen LogP contribution in [0.3, 0.4) is 0 Å². The Hall–Kier alpha value is -2.57. The molecule has 3 N–H and O–H groups in total. The van der Waals surface area contributed by atoms with Gasteiger partial charge in [-0.05, 0) is 29.8 Å². The van der Waals surface area contributed by atoms with Crippen molar-refractivity contribution in [1.29, 1.82) is 0 Å². The highest BCUT2D eigenvalue weighted by atomic mass is 35.5. The van der Waals surface area contributed by atoms with Crippen LogP contribution in [-0.2, 0) is 20.8 Å². The van der Waals surface area contributed by atoms with Crippen molar-refractivity contribution >= 4 is 46.6 Å². The van der Waals surface area contributed by atoms with E-state index in [9.17, 15) is 14.4 Å². The fourth-order valence-corrected chi connectivity index (χ4v) is 2.35. The van der Waals surface area contributed by atoms with E-state index in [1.807, 2.05) is 0 Å². The van der Waals surface area contributed by atoms with E-state index < -0.39 is 5.91 Å². The zero-order chi connectivity index (χ0) is 18.9. The number of carbonyl (C=O) groups is 3. The van der Waals surface area contributed by atoms with Gasteiger partial charge in [-0.2, -0.15) is 0 Å². The molecule has 2 aromatic carbocycles. The molecular formula is C18H17Cl2N3O3. The molecule has 0 radical (unpaired) electrons. The summed E-state index contributed by atoms with van der Waals surface area (Å²) < 4.78 is 0. The molecule has 0 fully saturated rings. The number of carbonyl (C=O) groups excluding carboxylic acids is 3. The van der Waals surface area contributed by atoms with Gasteiger partial charge in [0.25, 0.3) is 0 Å². The molecule has 136 valence electrons. The fourth-order valence-electron chi connectivity index (χ4n) is 2.04. The summed E-state index contributed by atoms with van der Waals surface area (Å²) in [6.45, 7) is 0. The number of hydrazine groups is 1. The summed E-state index contributed by atoms with van der Waals surface area (Å²) in [5.41, 5.74) is 5.82. The Labute approximate surface area is 160 Å². The second-order valence-electron chi connectivity index (χ2n) is 5.43. The smallest absolute Gasteiger partial charge is 0.242 e. The van der Waals surface area contributed by atoms with Crippen LogP contribution in [0.1, 0.15) is 18.4 Å². The molecule has 3 amide bonds. The zero-order valence-electron chi connectivity index (χ0n) is 13.7. The largest absolute Gasteiger partial charge is 0.325 e. The molecule has 2 rings (SSSR count). The van der Waals surface area contributed by atoms with Gasteiger partial charge in [0.05, 0.1) is 17.1 Å². The molecule has 0 aliphatic rings. The normalized spacial score (nSPS) is 10.1. The lowest BCUT2D eigenvalue weighted by molar-refractivity contribution is -0.129. The van der Waals surface area contributed by atoms with Gasteiger partial charge in [0.1, 0.15) is 0 Å². The number of para-hydroxylation sites is 1. The Bertz CT molecular complexity index is 795. The van der Waals surface area contributed by atoms with Crippen LogP contribution in [0.4, 0.5) is 5.69 Å². The number of nitrogens with one attached hydrogen (secondary N) is 3. The van der Waals surface area contributed by atoms with Crippen LogP contribution in [0.25, 0.3) is 0 Å². The number of halogens is 2. The second-order valence-corrected chi connectivity index (χ2v) is 6.27. The van der Waals surface area contributed by atoms with Crippen LogP contribution in [-0.4, -0.2) is 17.7 Å². The first-order chi connectivity index (χ1) is 12.4. The Morgan fingerprint density at radius 3 is 2.08 bits per heavy atom. The maximum atomic E-state index is 11.8. The average Bonchev–Trinajstić information content (AvgIpc) is 2.62. The van der Waals surface area contributed by atoms with Gasteiger partial charge in [-0.1, -0.05) is 47.5 Å². The summed E-state index contributed by atoms with van der Waals surface area (Å²) in [6, 6.07) is 13.6. The van der Waals surface area contributed by atoms with Gasteiger partial charge in [-0.3, -0.25) is 25.2 Å². The number of anilines is 1. The van der Waals surface area contributed by atoms with Crippen LogP contribution >= 0.6 is 23.2 Å². The minimum atomic E-state index is -0.469. The molecule has 8 heteroatoms. The molecule has 0 aliphatic carbocycles. The van der Waals surface area contributed by atoms with Gasteiger partial charge < -0.3 is 5.32 Å². The maximum Gasteiger partial charge on any atom is 0.242 e. The SMILES string of the molecule is O=C(CCC(=O)Nc1ccccc1Cl)NNC(=O)Cc1ccc(Cl)cc1. The van der Waals surface area contributed by atoms with Crippen molar-refractivity contribution in [2.75, 3.05) is 5.32 Å². The van der Waals surface area contributed by atoms with E-state index in [-0.39, 0.29) is 31.1 Å². The van der Waals surface area contributed by atoms with Crippen molar-refractivity contribution in [2.24, 2.45) is 0 Å². The summed E-state index contributed by atoms with van der Waals surface area (Å²) in [6.07, 6.45) is -0.00787. The van der Waals surface area contributed by atoms with E-state index in [1.165, 1.54) is 0 Å². The first kappa shape index (κ1) is 19.8. The average molecular weight is 394 g/mol. The molecule has 6 nitrogen and oxygen atoms in total. The van der Waals surface area contributed by atoms with Crippen molar-refractivity contribution in [1.82, 2.24) is 10.9 Å². The van der Waals surface area contributed by atoms with E-state index in [4.69, 9.17) is 23.2 Å². The summed E-state index contributed by atoms with van der Waals surface area (Å²) in [7, 11) is 0. The molecular weight excluding hydrogens is 377 g/mol. The van der Waals surface area contributed by atoms with Gasteiger partial charge in [0.2, 0.25) is 17.7 Å². The monoisotopic (exact) mass is 393 g/mol. The highest BCUT2D eigenvalue weighted by Gasteiger charge is 2.10. The van der Waals surface area contributed by atoms with Crippen molar-refractivity contribution in [3.05, 3.63) is 64.1 Å². The zero-order valence-corrected chi connectivity index (χ0v) is 15.2. The van der Waals surface area contributed by atoms with Crippen molar-refractivity contribution in [3.63, 3.8) is 0 Å². The van der Waals surface area contributed by atoms with Crippen LogP contribution in [0, 0.1) is 0 Å². The van der Waals surface area contributed by atoms with Gasteiger partial charge >= 0.3 is 0 Å². The molecule has 0 saturated carbocycles. The molecule has 0 heterocycles. The third kappa shape index (κ3) is 6.74. The van der Waals surface area contributed by atoms with Crippen molar-refractivity contribution < 1.29 is 14.4 Å². The van der Waals surface area contributed by atoms with Crippen molar-refractivity contribution in [2.45, 2.75) is 19.3 Å². The lowest BCUT2D eigenvalue weighted by Gasteiger charge is -2.09. The van der Waals surface area contributed by atoms with Crippen molar-refractivity contribution in [3.8, 4) is 0 Å². The summed E-state index contributed by atoms with van der Waals surface area (Å²) in [5.74, 6) is -1.19. The van der Waals surface area contributed by atoms with E-state index >= 15 is 0 Å². The van der Waals surface area contributed by atoms with E-state index in [0.717, 1.165) is 5.56 Å². The first-order valence-corrected chi connectivity index (χ1v) is 8.56. The van der Waals surface area contributed by atoms with Crippen LogP contribution in [0.5, 0.6) is 0 Å². The molecule has 2 aromatic rings. The lowest BCUT2D eigenvalue weighted by Crippen LogP contribution is -2.42. The van der Waals surface area contributed by atoms with E-state index in [2.05, 4.69) is 16.2 Å². The van der Waals surface area contributed by atoms with Gasteiger partial charge in [0, 0.05) is 17.9 Å². The lowest BCUT2D eigenvalue weighted by atomic mass is 10.1. The number of benzene rings is 2. The van der Waals surface area contributed by atoms with Crippen LogP contribution in [0.2, 0.25) is 10.0 Å². The number of rotatable bonds is 6. The highest BCUT2D eigenvalue weighted by Crippen LogP contribution is 2.20. The molecule has 0 aromatic heterocycles. The number of hydrogen-bond donors (Lipinski definition) is 3. The molecule has 0 unspecified atom stereocenters. The molecule has 0 atom stereocenters. The van der Waals surface area contributed by atoms with Gasteiger partial charge in [-0.15, -0.1) is 0 Å². The molecule has 0 bridgehead atoms. The Kier molecular flexibility index (Phi) is 7.44. The van der Waals surface area contributed by atoms with E-state index in [1.54, 1.807) is 48.5 Å². The molecule has 0 saturated heterocycles. The Morgan fingerprint density at radius 2 is 1.38 bits per heavy atom. The van der Waals surface area contributed by atoms with Gasteiger partial charge in [0.15, 0.2) is 0 Å². The minimum absolute atomic E-state index is 0.0376. The predicted octanol–water partition coefficient (Wildman–Crippen LogP) is 3.10. The quantitative estimate of drug-likeness (QED) is 0.658. The Morgan fingerprint density at radius 1 is 0.769 bits per heavy atom. The topological polar surface area (TPSA) is 87.3 Å². The second kappa shape index (κ2) is 9.79. The molecule has 0 aliphatic heterocycles. The minimum Gasteiger partial charge on any atom is -0.325 e. The summed E-state index contributed by atoms with van der Waals surface area (Å²) in [4.78, 5) is 35.3. The number of amides is 3. The third-order valence-corrected chi connectivity index (χ3v) is 3.93. The Balaban J connectivity index is 1.68. The van der Waals surface area contributed by atoms with E-state index in [0.29, 0.717) is 15.7 Å². The molecule has 26 heavy (non-hydrogen) atoms. The fraction of sp³-hybridized carbons (Fsp3) is 0.167. The maximum absolute atomic E-state index is 11.8. The summed E-state index contributed by atoms with van der Waals surface area (Å²) >= 11 is 11.7. The summed E-state index contributed by atoms with van der Waals surface area (Å²) in [5, 5.41) is 3.62. The van der Waals surface area contributed by atoms with Crippen LogP contribution in [0.15, 0.2) is 48.5 Å². The first-order valence-electron chi connectivity index (χ1n) is 7.80. The molecule has 0 spiro atoms. The predicted molar refractivity (Wildman–Crippen MR) is 101 cm³/mol. The van der Waals surface area contributed by atoms with Crippen LogP contribution < -0.4 is 16.2 Å². The third-order valence-electron chi connectivity index (χ3n) is 3.35.